The highest BCUT2D eigenvalue weighted by Crippen LogP contribution is 2.42. The zero-order valence-corrected chi connectivity index (χ0v) is 38.1. The first-order valence-electron chi connectivity index (χ1n) is 23.7. The van der Waals surface area contributed by atoms with Gasteiger partial charge in [-0.2, -0.15) is 0 Å². The molecule has 0 bridgehead atoms. The van der Waals surface area contributed by atoms with E-state index in [9.17, 15) is 19.0 Å². The molecular formula is C48H89O8P. The van der Waals surface area contributed by atoms with Gasteiger partial charge in [-0.25, -0.2) is 4.57 Å². The summed E-state index contributed by atoms with van der Waals surface area (Å²) in [5.74, 6) is -0.805. The highest BCUT2D eigenvalue weighted by atomic mass is 31.2. The fourth-order valence-electron chi connectivity index (χ4n) is 6.79. The smallest absolute Gasteiger partial charge is 0.462 e. The first kappa shape index (κ1) is 55.3. The summed E-state index contributed by atoms with van der Waals surface area (Å²) in [6.45, 7) is 3.80. The molecule has 0 spiro atoms. The van der Waals surface area contributed by atoms with Crippen molar-refractivity contribution in [2.45, 2.75) is 238 Å². The van der Waals surface area contributed by atoms with Crippen molar-refractivity contribution in [1.29, 1.82) is 0 Å². The van der Waals surface area contributed by atoms with E-state index >= 15 is 0 Å². The number of unbranched alkanes of at least 4 members (excludes halogenated alkanes) is 27. The first-order chi connectivity index (χ1) is 27.8. The van der Waals surface area contributed by atoms with Crippen molar-refractivity contribution in [2.75, 3.05) is 20.3 Å². The Balaban J connectivity index is 3.91. The maximum Gasteiger partial charge on any atom is 0.472 e. The van der Waals surface area contributed by atoms with Crippen LogP contribution in [-0.2, 0) is 32.7 Å². The Morgan fingerprint density at radius 3 is 1.33 bits per heavy atom. The minimum Gasteiger partial charge on any atom is -0.462 e. The number of hydrogen-bond acceptors (Lipinski definition) is 7. The Kier molecular flexibility index (Phi) is 42.5. The topological polar surface area (TPSA) is 108 Å². The molecule has 0 radical (unpaired) electrons. The third kappa shape index (κ3) is 43.7. The van der Waals surface area contributed by atoms with Gasteiger partial charge in [-0.15, -0.1) is 0 Å². The van der Waals surface area contributed by atoms with Crippen LogP contribution in [0.3, 0.4) is 0 Å². The van der Waals surface area contributed by atoms with Gasteiger partial charge in [0.15, 0.2) is 6.10 Å². The SMILES string of the molecule is CC/C=C\C/C=C\C/C=C\CCCCCCCCCC(=O)OC(COC(=O)CCCCCCCCCCCCCCCCCCCCCCC)COP(=O)(O)OC. The van der Waals surface area contributed by atoms with Crippen LogP contribution in [0.25, 0.3) is 0 Å². The van der Waals surface area contributed by atoms with Crippen LogP contribution in [0.1, 0.15) is 232 Å². The van der Waals surface area contributed by atoms with E-state index in [1.165, 1.54) is 135 Å². The molecule has 0 heterocycles. The molecule has 0 aromatic carbocycles. The predicted octanol–water partition coefficient (Wildman–Crippen LogP) is 15.2. The molecule has 0 saturated carbocycles. The van der Waals surface area contributed by atoms with Gasteiger partial charge in [0.25, 0.3) is 0 Å². The predicted molar refractivity (Wildman–Crippen MR) is 239 cm³/mol. The van der Waals surface area contributed by atoms with Gasteiger partial charge in [-0.3, -0.25) is 18.6 Å². The van der Waals surface area contributed by atoms with Gasteiger partial charge in [-0.1, -0.05) is 211 Å². The fourth-order valence-corrected chi connectivity index (χ4v) is 7.25. The molecule has 9 heteroatoms. The Morgan fingerprint density at radius 1 is 0.509 bits per heavy atom. The number of phosphoric acid groups is 1. The number of rotatable bonds is 44. The molecule has 0 saturated heterocycles. The lowest BCUT2D eigenvalue weighted by Gasteiger charge is -2.19. The summed E-state index contributed by atoms with van der Waals surface area (Å²) in [4.78, 5) is 34.6. The Morgan fingerprint density at radius 2 is 0.895 bits per heavy atom. The van der Waals surface area contributed by atoms with Gasteiger partial charge >= 0.3 is 19.8 Å². The van der Waals surface area contributed by atoms with E-state index in [-0.39, 0.29) is 19.0 Å². The number of phosphoric ester groups is 1. The van der Waals surface area contributed by atoms with Crippen molar-refractivity contribution in [2.24, 2.45) is 0 Å². The van der Waals surface area contributed by atoms with Crippen LogP contribution >= 0.6 is 7.82 Å². The molecule has 0 aliphatic rings. The molecule has 8 nitrogen and oxygen atoms in total. The maximum absolute atomic E-state index is 12.5. The number of carbonyl (C=O) groups excluding carboxylic acids is 2. The molecule has 334 valence electrons. The lowest BCUT2D eigenvalue weighted by Crippen LogP contribution is -2.29. The van der Waals surface area contributed by atoms with Crippen LogP contribution < -0.4 is 0 Å². The van der Waals surface area contributed by atoms with E-state index in [2.05, 4.69) is 54.8 Å². The van der Waals surface area contributed by atoms with E-state index in [0.29, 0.717) is 12.8 Å². The molecule has 0 rings (SSSR count). The minimum atomic E-state index is -4.27. The molecule has 2 atom stereocenters. The van der Waals surface area contributed by atoms with Crippen LogP contribution in [0.5, 0.6) is 0 Å². The number of ether oxygens (including phenoxy) is 2. The Labute approximate surface area is 351 Å². The standard InChI is InChI=1S/C48H89O8P/c1-4-6-8-10-12-14-16-18-20-22-23-24-25-27-28-30-32-34-36-38-40-42-47(49)54-44-46(45-55-57(51,52)53-3)56-48(50)43-41-39-37-35-33-31-29-26-21-19-17-15-13-11-9-7-5-2/h7,9,13,15,19,21,46H,4-6,8,10-12,14,16-18,20,22-45H2,1-3H3,(H,51,52)/b9-7-,15-13-,21-19-. The van der Waals surface area contributed by atoms with E-state index in [1.807, 2.05) is 0 Å². The van der Waals surface area contributed by atoms with Crippen molar-refractivity contribution >= 4 is 19.8 Å². The van der Waals surface area contributed by atoms with Gasteiger partial charge < -0.3 is 14.4 Å². The summed E-state index contributed by atoms with van der Waals surface area (Å²) in [7, 11) is -3.20. The van der Waals surface area contributed by atoms with Crippen LogP contribution in [0, 0.1) is 0 Å². The number of esters is 2. The Hall–Kier alpha value is -1.73. The molecule has 57 heavy (non-hydrogen) atoms. The fraction of sp³-hybridized carbons (Fsp3) is 0.833. The lowest BCUT2D eigenvalue weighted by atomic mass is 10.0. The van der Waals surface area contributed by atoms with Gasteiger partial charge in [0.1, 0.15) is 6.61 Å². The number of hydrogen-bond donors (Lipinski definition) is 1. The molecule has 0 aromatic heterocycles. The maximum atomic E-state index is 12.5. The number of carbonyl (C=O) groups is 2. The molecule has 2 unspecified atom stereocenters. The summed E-state index contributed by atoms with van der Waals surface area (Å²) < 4.78 is 32.1. The second-order valence-corrected chi connectivity index (χ2v) is 17.4. The molecule has 0 fully saturated rings. The van der Waals surface area contributed by atoms with Crippen molar-refractivity contribution in [3.8, 4) is 0 Å². The molecular weight excluding hydrogens is 735 g/mol. The van der Waals surface area contributed by atoms with Crippen molar-refractivity contribution in [3.05, 3.63) is 36.5 Å². The van der Waals surface area contributed by atoms with Gasteiger partial charge in [-0.05, 0) is 44.9 Å². The summed E-state index contributed by atoms with van der Waals surface area (Å²) >= 11 is 0. The first-order valence-corrected chi connectivity index (χ1v) is 25.2. The van der Waals surface area contributed by atoms with Crippen molar-refractivity contribution in [3.63, 3.8) is 0 Å². The van der Waals surface area contributed by atoms with Crippen LogP contribution in [0.15, 0.2) is 36.5 Å². The van der Waals surface area contributed by atoms with Gasteiger partial charge in [0, 0.05) is 20.0 Å². The molecule has 0 aromatic rings. The van der Waals surface area contributed by atoms with Gasteiger partial charge in [0.2, 0.25) is 0 Å². The third-order valence-electron chi connectivity index (χ3n) is 10.4. The minimum absolute atomic E-state index is 0.226. The summed E-state index contributed by atoms with van der Waals surface area (Å²) in [5, 5.41) is 0. The number of allylic oxidation sites excluding steroid dienone is 6. The average molecular weight is 825 g/mol. The summed E-state index contributed by atoms with van der Waals surface area (Å²) in [5.41, 5.74) is 0. The van der Waals surface area contributed by atoms with E-state index in [4.69, 9.17) is 14.0 Å². The largest absolute Gasteiger partial charge is 0.472 e. The monoisotopic (exact) mass is 825 g/mol. The quantitative estimate of drug-likeness (QED) is 0.0280. The lowest BCUT2D eigenvalue weighted by molar-refractivity contribution is -0.161. The van der Waals surface area contributed by atoms with E-state index in [1.54, 1.807) is 0 Å². The average Bonchev–Trinajstić information content (AvgIpc) is 3.20. The van der Waals surface area contributed by atoms with Crippen LogP contribution in [0.4, 0.5) is 0 Å². The summed E-state index contributed by atoms with van der Waals surface area (Å²) in [6.07, 6.45) is 52.0. The highest BCUT2D eigenvalue weighted by molar-refractivity contribution is 7.47. The third-order valence-corrected chi connectivity index (χ3v) is 11.3. The molecule has 0 aliphatic heterocycles. The zero-order chi connectivity index (χ0) is 41.8. The zero-order valence-electron chi connectivity index (χ0n) is 37.2. The Bertz CT molecular complexity index is 1030. The van der Waals surface area contributed by atoms with E-state index < -0.39 is 26.5 Å². The molecule has 1 N–H and O–H groups in total. The van der Waals surface area contributed by atoms with Crippen LogP contribution in [-0.4, -0.2) is 43.3 Å². The molecule has 0 amide bonds. The second-order valence-electron chi connectivity index (χ2n) is 15.9. The normalized spacial score (nSPS) is 13.5. The highest BCUT2D eigenvalue weighted by Gasteiger charge is 2.24. The second kappa shape index (κ2) is 43.8. The van der Waals surface area contributed by atoms with Crippen LogP contribution in [0.2, 0.25) is 0 Å². The summed E-state index contributed by atoms with van der Waals surface area (Å²) in [6, 6.07) is 0. The van der Waals surface area contributed by atoms with Gasteiger partial charge in [0.05, 0.1) is 6.61 Å². The van der Waals surface area contributed by atoms with Crippen molar-refractivity contribution < 1.29 is 37.6 Å². The van der Waals surface area contributed by atoms with E-state index in [0.717, 1.165) is 71.3 Å². The molecule has 0 aliphatic carbocycles. The van der Waals surface area contributed by atoms with Crippen molar-refractivity contribution in [1.82, 2.24) is 0 Å².